The van der Waals surface area contributed by atoms with Crippen molar-refractivity contribution in [3.63, 3.8) is 0 Å². The first-order valence-electron chi connectivity index (χ1n) is 11.1. The standard InChI is InChI=1S/C20H36N6O10/c1-13(2)7-14(21)20(36)23-22-15(27)8-24(3-5-25(9-16(28)29)10-17(30)31)4-6-26(11-18(32)33)12-19(34)35/h13-14H,3-12,21H2,1-2H3,(H,22,27)(H,23,36)(H,28,29)(H,30,31)(H,32,33)(H,34,35)/t14-/m1/s1. The number of nitrogens with zero attached hydrogens (tertiary/aromatic N) is 3. The van der Waals surface area contributed by atoms with E-state index in [1.165, 1.54) is 4.90 Å². The fourth-order valence-electron chi connectivity index (χ4n) is 3.11. The van der Waals surface area contributed by atoms with E-state index in [0.717, 1.165) is 9.80 Å². The zero-order valence-electron chi connectivity index (χ0n) is 20.4. The first-order chi connectivity index (χ1) is 16.7. The van der Waals surface area contributed by atoms with Crippen molar-refractivity contribution >= 4 is 35.7 Å². The number of hydrazine groups is 1. The number of aliphatic carboxylic acids is 4. The molecule has 0 aliphatic carbocycles. The molecule has 0 aromatic carbocycles. The molecule has 0 unspecified atom stereocenters. The van der Waals surface area contributed by atoms with E-state index in [4.69, 9.17) is 26.2 Å². The van der Waals surface area contributed by atoms with Gasteiger partial charge in [-0.25, -0.2) is 0 Å². The quantitative estimate of drug-likeness (QED) is 0.0827. The largest absolute Gasteiger partial charge is 0.480 e. The van der Waals surface area contributed by atoms with Crippen LogP contribution in [0.1, 0.15) is 20.3 Å². The van der Waals surface area contributed by atoms with Crippen molar-refractivity contribution < 1.29 is 49.2 Å². The SMILES string of the molecule is CC(C)C[C@@H](N)C(=O)NNC(=O)CN(CCN(CC(=O)O)CC(=O)O)CCN(CC(=O)O)CC(=O)O. The smallest absolute Gasteiger partial charge is 0.317 e. The summed E-state index contributed by atoms with van der Waals surface area (Å²) in [5, 5.41) is 36.0. The van der Waals surface area contributed by atoms with Crippen molar-refractivity contribution in [1.29, 1.82) is 0 Å². The molecule has 0 spiro atoms. The van der Waals surface area contributed by atoms with Crippen LogP contribution in [0.3, 0.4) is 0 Å². The molecule has 206 valence electrons. The van der Waals surface area contributed by atoms with Crippen LogP contribution in [-0.2, 0) is 28.8 Å². The molecule has 0 radical (unpaired) electrons. The molecule has 0 rings (SSSR count). The van der Waals surface area contributed by atoms with Gasteiger partial charge in [-0.1, -0.05) is 13.8 Å². The maximum Gasteiger partial charge on any atom is 0.317 e. The number of rotatable bonds is 19. The second-order valence-corrected chi connectivity index (χ2v) is 8.55. The molecule has 0 heterocycles. The number of hydrogen-bond acceptors (Lipinski definition) is 10. The van der Waals surface area contributed by atoms with Gasteiger partial charge in [-0.05, 0) is 12.3 Å². The van der Waals surface area contributed by atoms with Crippen LogP contribution >= 0.6 is 0 Å². The Morgan fingerprint density at radius 2 is 1.00 bits per heavy atom. The summed E-state index contributed by atoms with van der Waals surface area (Å²) < 4.78 is 0. The number of carboxylic acids is 4. The zero-order chi connectivity index (χ0) is 27.8. The van der Waals surface area contributed by atoms with E-state index in [2.05, 4.69) is 10.9 Å². The van der Waals surface area contributed by atoms with E-state index in [1.807, 2.05) is 13.8 Å². The van der Waals surface area contributed by atoms with Gasteiger partial charge in [0, 0.05) is 26.2 Å². The Morgan fingerprint density at radius 1 is 0.639 bits per heavy atom. The number of amides is 2. The van der Waals surface area contributed by atoms with Crippen molar-refractivity contribution in [3.05, 3.63) is 0 Å². The second-order valence-electron chi connectivity index (χ2n) is 8.55. The molecule has 0 bridgehead atoms. The predicted molar refractivity (Wildman–Crippen MR) is 124 cm³/mol. The molecule has 0 saturated carbocycles. The van der Waals surface area contributed by atoms with Gasteiger partial charge in [0.25, 0.3) is 11.8 Å². The topological polar surface area (TPSA) is 243 Å². The van der Waals surface area contributed by atoms with Gasteiger partial charge in [0.05, 0.1) is 38.8 Å². The lowest BCUT2D eigenvalue weighted by Gasteiger charge is -2.28. The highest BCUT2D eigenvalue weighted by Crippen LogP contribution is 2.02. The van der Waals surface area contributed by atoms with E-state index in [-0.39, 0.29) is 38.6 Å². The van der Waals surface area contributed by atoms with E-state index in [0.29, 0.717) is 6.42 Å². The van der Waals surface area contributed by atoms with E-state index in [1.54, 1.807) is 0 Å². The lowest BCUT2D eigenvalue weighted by atomic mass is 10.0. The fourth-order valence-corrected chi connectivity index (χ4v) is 3.11. The molecule has 0 saturated heterocycles. The molecule has 0 aliphatic heterocycles. The van der Waals surface area contributed by atoms with Gasteiger partial charge in [-0.2, -0.15) is 0 Å². The van der Waals surface area contributed by atoms with Crippen LogP contribution in [-0.4, -0.2) is 136 Å². The first kappa shape index (κ1) is 32.7. The fraction of sp³-hybridized carbons (Fsp3) is 0.700. The summed E-state index contributed by atoms with van der Waals surface area (Å²) in [6.07, 6.45) is 0.389. The Labute approximate surface area is 208 Å². The molecular weight excluding hydrogens is 484 g/mol. The predicted octanol–water partition coefficient (Wildman–Crippen LogP) is -3.25. The number of carboxylic acid groups (broad SMARTS) is 4. The Balaban J connectivity index is 5.25. The van der Waals surface area contributed by atoms with Gasteiger partial charge >= 0.3 is 23.9 Å². The minimum Gasteiger partial charge on any atom is -0.480 e. The van der Waals surface area contributed by atoms with Crippen molar-refractivity contribution in [3.8, 4) is 0 Å². The third-order valence-electron chi connectivity index (χ3n) is 4.65. The maximum absolute atomic E-state index is 12.4. The average Bonchev–Trinajstić information content (AvgIpc) is 2.71. The van der Waals surface area contributed by atoms with Gasteiger partial charge < -0.3 is 26.2 Å². The van der Waals surface area contributed by atoms with E-state index in [9.17, 15) is 28.8 Å². The zero-order valence-corrected chi connectivity index (χ0v) is 20.4. The molecular formula is C20H36N6O10. The molecule has 0 aromatic rings. The summed E-state index contributed by atoms with van der Waals surface area (Å²) in [6.45, 7) is 0.957. The molecule has 8 N–H and O–H groups in total. The summed E-state index contributed by atoms with van der Waals surface area (Å²) in [5.41, 5.74) is 10.2. The maximum atomic E-state index is 12.4. The summed E-state index contributed by atoms with van der Waals surface area (Å²) in [7, 11) is 0. The van der Waals surface area contributed by atoms with Crippen LogP contribution in [0, 0.1) is 5.92 Å². The van der Waals surface area contributed by atoms with E-state index < -0.39 is 67.9 Å². The molecule has 36 heavy (non-hydrogen) atoms. The average molecular weight is 521 g/mol. The van der Waals surface area contributed by atoms with Gasteiger partial charge in [-0.3, -0.25) is 54.3 Å². The third-order valence-corrected chi connectivity index (χ3v) is 4.65. The minimum absolute atomic E-state index is 0.0111. The summed E-state index contributed by atoms with van der Waals surface area (Å²) in [6, 6.07) is -0.845. The minimum atomic E-state index is -1.25. The molecule has 1 atom stereocenters. The summed E-state index contributed by atoms with van der Waals surface area (Å²) >= 11 is 0. The summed E-state index contributed by atoms with van der Waals surface area (Å²) in [5.74, 6) is -6.15. The van der Waals surface area contributed by atoms with Crippen LogP contribution in [0.15, 0.2) is 0 Å². The molecule has 2 amide bonds. The van der Waals surface area contributed by atoms with Gasteiger partial charge in [0.15, 0.2) is 0 Å². The normalized spacial score (nSPS) is 12.1. The molecule has 0 aliphatic rings. The number of hydrogen-bond donors (Lipinski definition) is 7. The monoisotopic (exact) mass is 520 g/mol. The van der Waals surface area contributed by atoms with Gasteiger partial charge in [0.1, 0.15) is 0 Å². The highest BCUT2D eigenvalue weighted by molar-refractivity contribution is 5.85. The highest BCUT2D eigenvalue weighted by Gasteiger charge is 2.20. The molecule has 0 aromatic heterocycles. The van der Waals surface area contributed by atoms with Crippen molar-refractivity contribution in [2.24, 2.45) is 11.7 Å². The van der Waals surface area contributed by atoms with E-state index >= 15 is 0 Å². The Kier molecular flexibility index (Phi) is 15.6. The molecule has 16 heteroatoms. The number of carbonyl (C=O) groups excluding carboxylic acids is 2. The lowest BCUT2D eigenvalue weighted by molar-refractivity contribution is -0.143. The van der Waals surface area contributed by atoms with Gasteiger partial charge in [-0.15, -0.1) is 0 Å². The lowest BCUT2D eigenvalue weighted by Crippen LogP contribution is -2.53. The van der Waals surface area contributed by atoms with Gasteiger partial charge in [0.2, 0.25) is 0 Å². The van der Waals surface area contributed by atoms with Crippen LogP contribution in [0.25, 0.3) is 0 Å². The van der Waals surface area contributed by atoms with Crippen molar-refractivity contribution in [2.45, 2.75) is 26.3 Å². The third kappa shape index (κ3) is 17.1. The molecule has 0 fully saturated rings. The Bertz CT molecular complexity index is 706. The van der Waals surface area contributed by atoms with Crippen molar-refractivity contribution in [1.82, 2.24) is 25.6 Å². The van der Waals surface area contributed by atoms with Crippen LogP contribution in [0.4, 0.5) is 0 Å². The number of nitrogens with two attached hydrogens (primary N) is 1. The number of nitrogens with one attached hydrogen (secondary N) is 2. The second kappa shape index (κ2) is 17.1. The van der Waals surface area contributed by atoms with Crippen LogP contribution in [0.2, 0.25) is 0 Å². The Morgan fingerprint density at radius 3 is 1.33 bits per heavy atom. The Hall–Kier alpha value is -3.34. The van der Waals surface area contributed by atoms with Crippen LogP contribution in [0.5, 0.6) is 0 Å². The highest BCUT2D eigenvalue weighted by atomic mass is 16.4. The van der Waals surface area contributed by atoms with Crippen molar-refractivity contribution in [2.75, 3.05) is 58.9 Å². The number of carbonyl (C=O) groups is 6. The van der Waals surface area contributed by atoms with Crippen LogP contribution < -0.4 is 16.6 Å². The first-order valence-corrected chi connectivity index (χ1v) is 11.1. The molecule has 16 nitrogen and oxygen atoms in total. The summed E-state index contributed by atoms with van der Waals surface area (Å²) in [4.78, 5) is 72.2.